The van der Waals surface area contributed by atoms with E-state index in [1.54, 1.807) is 24.3 Å². The van der Waals surface area contributed by atoms with E-state index in [0.717, 1.165) is 5.56 Å². The van der Waals surface area contributed by atoms with E-state index in [-0.39, 0.29) is 12.4 Å². The van der Waals surface area contributed by atoms with Crippen LogP contribution in [-0.2, 0) is 6.61 Å². The van der Waals surface area contributed by atoms with Gasteiger partial charge >= 0.3 is 0 Å². The van der Waals surface area contributed by atoms with E-state index in [2.05, 4.69) is 5.16 Å². The lowest BCUT2D eigenvalue weighted by atomic mass is 10.2. The first kappa shape index (κ1) is 12.3. The van der Waals surface area contributed by atoms with Crippen LogP contribution in [0, 0.1) is 0 Å². The summed E-state index contributed by atoms with van der Waals surface area (Å²) in [4.78, 5) is 0. The van der Waals surface area contributed by atoms with Gasteiger partial charge in [0.2, 0.25) is 0 Å². The van der Waals surface area contributed by atoms with Gasteiger partial charge in [0.15, 0.2) is 11.9 Å². The van der Waals surface area contributed by atoms with Crippen molar-refractivity contribution >= 4 is 5.84 Å². The van der Waals surface area contributed by atoms with Gasteiger partial charge in [-0.2, -0.15) is 0 Å². The van der Waals surface area contributed by atoms with Gasteiger partial charge in [-0.25, -0.2) is 0 Å². The SMILES string of the molecule is CCC(Oc1ccc(CO)cc1)C(N)=NO. The van der Waals surface area contributed by atoms with Gasteiger partial charge in [0, 0.05) is 0 Å². The van der Waals surface area contributed by atoms with Gasteiger partial charge in [0.25, 0.3) is 0 Å². The molecule has 1 aromatic carbocycles. The van der Waals surface area contributed by atoms with E-state index in [1.165, 1.54) is 0 Å². The summed E-state index contributed by atoms with van der Waals surface area (Å²) in [5.74, 6) is 0.671. The monoisotopic (exact) mass is 224 g/mol. The average Bonchev–Trinajstić information content (AvgIpc) is 2.35. The van der Waals surface area contributed by atoms with E-state index in [4.69, 9.17) is 20.8 Å². The lowest BCUT2D eigenvalue weighted by Gasteiger charge is -2.15. The Morgan fingerprint density at radius 3 is 2.50 bits per heavy atom. The third-order valence-electron chi connectivity index (χ3n) is 2.20. The number of ether oxygens (including phenoxy) is 1. The van der Waals surface area contributed by atoms with Crippen LogP contribution in [0.1, 0.15) is 18.9 Å². The van der Waals surface area contributed by atoms with E-state index in [9.17, 15) is 0 Å². The van der Waals surface area contributed by atoms with Crippen molar-refractivity contribution in [3.05, 3.63) is 29.8 Å². The maximum Gasteiger partial charge on any atom is 0.180 e. The molecule has 1 unspecified atom stereocenters. The topological polar surface area (TPSA) is 88.1 Å². The molecule has 0 heterocycles. The van der Waals surface area contributed by atoms with E-state index < -0.39 is 6.10 Å². The van der Waals surface area contributed by atoms with Crippen molar-refractivity contribution in [2.24, 2.45) is 10.9 Å². The molecule has 0 aliphatic rings. The molecule has 0 fully saturated rings. The lowest BCUT2D eigenvalue weighted by molar-refractivity contribution is 0.246. The molecule has 0 bridgehead atoms. The smallest absolute Gasteiger partial charge is 0.180 e. The van der Waals surface area contributed by atoms with E-state index in [0.29, 0.717) is 12.2 Å². The van der Waals surface area contributed by atoms with Gasteiger partial charge in [-0.05, 0) is 24.1 Å². The summed E-state index contributed by atoms with van der Waals surface area (Å²) in [6, 6.07) is 6.99. The van der Waals surface area contributed by atoms with Crippen molar-refractivity contribution in [1.29, 1.82) is 0 Å². The molecule has 4 N–H and O–H groups in total. The van der Waals surface area contributed by atoms with Crippen molar-refractivity contribution in [1.82, 2.24) is 0 Å². The summed E-state index contributed by atoms with van der Waals surface area (Å²) >= 11 is 0. The highest BCUT2D eigenvalue weighted by Crippen LogP contribution is 2.15. The van der Waals surface area contributed by atoms with Crippen LogP contribution in [0.2, 0.25) is 0 Å². The molecular weight excluding hydrogens is 208 g/mol. The number of hydrogen-bond acceptors (Lipinski definition) is 4. The molecule has 0 aliphatic carbocycles. The number of nitrogens with zero attached hydrogens (tertiary/aromatic N) is 1. The standard InChI is InChI=1S/C11H16N2O3/c1-2-10(11(12)13-15)16-9-5-3-8(7-14)4-6-9/h3-6,10,14-15H,2,7H2,1H3,(H2,12,13). The number of oxime groups is 1. The summed E-state index contributed by atoms with van der Waals surface area (Å²) in [6.07, 6.45) is 0.169. The molecule has 0 aromatic heterocycles. The van der Waals surface area contributed by atoms with Gasteiger partial charge in [-0.15, -0.1) is 0 Å². The molecule has 0 amide bonds. The molecule has 5 heteroatoms. The molecule has 1 atom stereocenters. The number of aliphatic hydroxyl groups is 1. The first-order valence-electron chi connectivity index (χ1n) is 5.05. The highest BCUT2D eigenvalue weighted by atomic mass is 16.5. The largest absolute Gasteiger partial charge is 0.482 e. The summed E-state index contributed by atoms with van der Waals surface area (Å²) in [7, 11) is 0. The molecular formula is C11H16N2O3. The molecule has 0 saturated carbocycles. The summed E-state index contributed by atoms with van der Waals surface area (Å²) < 4.78 is 5.52. The molecule has 0 aliphatic heterocycles. The lowest BCUT2D eigenvalue weighted by Crippen LogP contribution is -2.33. The van der Waals surface area contributed by atoms with Crippen LogP contribution < -0.4 is 10.5 Å². The molecule has 0 saturated heterocycles. The predicted octanol–water partition coefficient (Wildman–Crippen LogP) is 1.08. The van der Waals surface area contributed by atoms with Gasteiger partial charge in [0.1, 0.15) is 5.75 Å². The number of rotatable bonds is 5. The molecule has 0 spiro atoms. The minimum Gasteiger partial charge on any atom is -0.482 e. The molecule has 1 rings (SSSR count). The molecule has 16 heavy (non-hydrogen) atoms. The van der Waals surface area contributed by atoms with Gasteiger partial charge in [-0.1, -0.05) is 24.2 Å². The number of aliphatic hydroxyl groups excluding tert-OH is 1. The van der Waals surface area contributed by atoms with Crippen LogP contribution in [0.15, 0.2) is 29.4 Å². The zero-order valence-electron chi connectivity index (χ0n) is 9.13. The van der Waals surface area contributed by atoms with Crippen molar-refractivity contribution < 1.29 is 15.1 Å². The highest BCUT2D eigenvalue weighted by Gasteiger charge is 2.13. The van der Waals surface area contributed by atoms with Crippen molar-refractivity contribution in [3.63, 3.8) is 0 Å². The van der Waals surface area contributed by atoms with E-state index >= 15 is 0 Å². The molecule has 0 radical (unpaired) electrons. The Balaban J connectivity index is 2.70. The average molecular weight is 224 g/mol. The third-order valence-corrected chi connectivity index (χ3v) is 2.20. The van der Waals surface area contributed by atoms with Crippen molar-refractivity contribution in [2.75, 3.05) is 0 Å². The van der Waals surface area contributed by atoms with Gasteiger partial charge in [-0.3, -0.25) is 0 Å². The fraction of sp³-hybridized carbons (Fsp3) is 0.364. The van der Waals surface area contributed by atoms with Crippen LogP contribution in [0.3, 0.4) is 0 Å². The zero-order valence-corrected chi connectivity index (χ0v) is 9.13. The number of benzene rings is 1. The number of amidine groups is 1. The second-order valence-electron chi connectivity index (χ2n) is 3.34. The second kappa shape index (κ2) is 5.97. The van der Waals surface area contributed by atoms with Crippen LogP contribution >= 0.6 is 0 Å². The quantitative estimate of drug-likeness (QED) is 0.302. The third kappa shape index (κ3) is 3.13. The Bertz CT molecular complexity index is 349. The fourth-order valence-corrected chi connectivity index (χ4v) is 1.25. The maximum atomic E-state index is 8.87. The van der Waals surface area contributed by atoms with Gasteiger partial charge < -0.3 is 20.8 Å². The predicted molar refractivity (Wildman–Crippen MR) is 60.5 cm³/mol. The maximum absolute atomic E-state index is 8.87. The van der Waals surface area contributed by atoms with E-state index in [1.807, 2.05) is 6.92 Å². The summed E-state index contributed by atoms with van der Waals surface area (Å²) in [6.45, 7) is 1.88. The second-order valence-corrected chi connectivity index (χ2v) is 3.34. The summed E-state index contributed by atoms with van der Waals surface area (Å²) in [5.41, 5.74) is 6.28. The Kier molecular flexibility index (Phi) is 4.60. The first-order valence-corrected chi connectivity index (χ1v) is 5.05. The summed E-state index contributed by atoms with van der Waals surface area (Å²) in [5, 5.41) is 20.3. The normalized spacial score (nSPS) is 13.5. The minimum atomic E-state index is -0.440. The van der Waals surface area contributed by atoms with Crippen molar-refractivity contribution in [3.8, 4) is 5.75 Å². The number of nitrogens with two attached hydrogens (primary N) is 1. The van der Waals surface area contributed by atoms with Gasteiger partial charge in [0.05, 0.1) is 6.61 Å². The fourth-order valence-electron chi connectivity index (χ4n) is 1.25. The van der Waals surface area contributed by atoms with Crippen molar-refractivity contribution in [2.45, 2.75) is 26.1 Å². The molecule has 5 nitrogen and oxygen atoms in total. The molecule has 1 aromatic rings. The minimum absolute atomic E-state index is 0.00226. The van der Waals surface area contributed by atoms with Crippen LogP contribution in [0.25, 0.3) is 0 Å². The van der Waals surface area contributed by atoms with Crippen LogP contribution in [0.5, 0.6) is 5.75 Å². The van der Waals surface area contributed by atoms with Crippen LogP contribution in [0.4, 0.5) is 0 Å². The zero-order chi connectivity index (χ0) is 12.0. The highest BCUT2D eigenvalue weighted by molar-refractivity contribution is 5.84. The van der Waals surface area contributed by atoms with Crippen LogP contribution in [-0.4, -0.2) is 22.3 Å². The Labute approximate surface area is 94.1 Å². The Morgan fingerprint density at radius 1 is 1.44 bits per heavy atom. The molecule has 88 valence electrons. The Hall–Kier alpha value is -1.75. The Morgan fingerprint density at radius 2 is 2.06 bits per heavy atom. The first-order chi connectivity index (χ1) is 7.71. The number of hydrogen-bond donors (Lipinski definition) is 3.